The molecule has 0 saturated carbocycles. The zero-order chi connectivity index (χ0) is 8.97. The number of rotatable bonds is 4. The first kappa shape index (κ1) is 8.80. The van der Waals surface area contributed by atoms with E-state index in [1.165, 1.54) is 19.6 Å². The van der Waals surface area contributed by atoms with Crippen molar-refractivity contribution in [2.24, 2.45) is 0 Å². The quantitative estimate of drug-likeness (QED) is 0.729. The van der Waals surface area contributed by atoms with E-state index in [4.69, 9.17) is 14.3 Å². The largest absolute Gasteiger partial charge is 0.479 e. The summed E-state index contributed by atoms with van der Waals surface area (Å²) < 4.78 is 9.53. The molecule has 12 heavy (non-hydrogen) atoms. The molecular weight excluding hydrogens is 160 g/mol. The summed E-state index contributed by atoms with van der Waals surface area (Å²) in [5.41, 5.74) is 0.823. The minimum atomic E-state index is -0.960. The summed E-state index contributed by atoms with van der Waals surface area (Å²) >= 11 is 0. The minimum Gasteiger partial charge on any atom is -0.479 e. The Hall–Kier alpha value is -1.29. The third kappa shape index (κ3) is 2.10. The fourth-order valence-corrected chi connectivity index (χ4v) is 0.894. The van der Waals surface area contributed by atoms with Crippen molar-refractivity contribution in [1.29, 1.82) is 0 Å². The Bertz CT molecular complexity index is 240. The third-order valence-electron chi connectivity index (χ3n) is 1.56. The molecular formula is C8H10O4. The van der Waals surface area contributed by atoms with Crippen LogP contribution in [0.5, 0.6) is 0 Å². The molecule has 0 fully saturated rings. The van der Waals surface area contributed by atoms with Crippen molar-refractivity contribution in [2.45, 2.75) is 12.5 Å². The van der Waals surface area contributed by atoms with E-state index in [2.05, 4.69) is 0 Å². The predicted octanol–water partition coefficient (Wildman–Crippen LogP) is 0.922. The topological polar surface area (TPSA) is 59.7 Å². The molecule has 0 bridgehead atoms. The van der Waals surface area contributed by atoms with Crippen molar-refractivity contribution >= 4 is 5.97 Å². The monoisotopic (exact) mass is 170 g/mol. The van der Waals surface area contributed by atoms with Crippen molar-refractivity contribution < 1.29 is 19.1 Å². The molecule has 0 saturated heterocycles. The van der Waals surface area contributed by atoms with E-state index in [1.807, 2.05) is 0 Å². The van der Waals surface area contributed by atoms with Crippen molar-refractivity contribution in [3.63, 3.8) is 0 Å². The van der Waals surface area contributed by atoms with Gasteiger partial charge in [0.15, 0.2) is 6.10 Å². The number of carboxylic acid groups (broad SMARTS) is 1. The maximum Gasteiger partial charge on any atom is 0.333 e. The number of hydrogen-bond acceptors (Lipinski definition) is 3. The number of carbonyl (C=O) groups is 1. The van der Waals surface area contributed by atoms with Gasteiger partial charge in [-0.3, -0.25) is 0 Å². The third-order valence-corrected chi connectivity index (χ3v) is 1.56. The highest BCUT2D eigenvalue weighted by Crippen LogP contribution is 2.06. The maximum atomic E-state index is 10.5. The van der Waals surface area contributed by atoms with Gasteiger partial charge in [0.25, 0.3) is 0 Å². The van der Waals surface area contributed by atoms with Crippen LogP contribution in [0.4, 0.5) is 0 Å². The predicted molar refractivity (Wildman–Crippen MR) is 40.8 cm³/mol. The van der Waals surface area contributed by atoms with Gasteiger partial charge in [0.2, 0.25) is 0 Å². The van der Waals surface area contributed by atoms with Crippen LogP contribution in [0.25, 0.3) is 0 Å². The smallest absolute Gasteiger partial charge is 0.333 e. The van der Waals surface area contributed by atoms with Gasteiger partial charge in [-0.1, -0.05) is 0 Å². The molecule has 1 aromatic heterocycles. The SMILES string of the molecule is COC(Cc1ccoc1)C(=O)O. The number of aliphatic carboxylic acids is 1. The molecule has 1 N–H and O–H groups in total. The summed E-state index contributed by atoms with van der Waals surface area (Å²) in [7, 11) is 1.37. The van der Waals surface area contributed by atoms with Gasteiger partial charge >= 0.3 is 5.97 Å². The van der Waals surface area contributed by atoms with Crippen LogP contribution in [0.1, 0.15) is 5.56 Å². The van der Waals surface area contributed by atoms with Gasteiger partial charge < -0.3 is 14.3 Å². The molecule has 1 aromatic rings. The number of hydrogen-bond donors (Lipinski definition) is 1. The Morgan fingerprint density at radius 2 is 2.58 bits per heavy atom. The van der Waals surface area contributed by atoms with E-state index >= 15 is 0 Å². The highest BCUT2D eigenvalue weighted by molar-refractivity contribution is 5.72. The molecule has 4 heteroatoms. The summed E-state index contributed by atoms with van der Waals surface area (Å²) in [6, 6.07) is 1.72. The standard InChI is InChI=1S/C8H10O4/c1-11-7(8(9)10)4-6-2-3-12-5-6/h2-3,5,7H,4H2,1H3,(H,9,10). The van der Waals surface area contributed by atoms with Crippen LogP contribution in [-0.2, 0) is 16.0 Å². The Morgan fingerprint density at radius 3 is 3.00 bits per heavy atom. The van der Waals surface area contributed by atoms with E-state index < -0.39 is 12.1 Å². The van der Waals surface area contributed by atoms with Gasteiger partial charge in [0.1, 0.15) is 0 Å². The van der Waals surface area contributed by atoms with Crippen LogP contribution >= 0.6 is 0 Å². The Balaban J connectivity index is 2.54. The lowest BCUT2D eigenvalue weighted by Crippen LogP contribution is -2.24. The van der Waals surface area contributed by atoms with E-state index in [0.29, 0.717) is 6.42 Å². The summed E-state index contributed by atoms with van der Waals surface area (Å²) in [6.07, 6.45) is 2.56. The minimum absolute atomic E-state index is 0.336. The van der Waals surface area contributed by atoms with Gasteiger partial charge in [0, 0.05) is 13.5 Å². The normalized spacial score (nSPS) is 12.8. The zero-order valence-corrected chi connectivity index (χ0v) is 6.69. The molecule has 0 aliphatic rings. The number of ether oxygens (including phenoxy) is 1. The van der Waals surface area contributed by atoms with Crippen LogP contribution in [0.15, 0.2) is 23.0 Å². The van der Waals surface area contributed by atoms with Gasteiger partial charge in [-0.25, -0.2) is 4.79 Å². The molecule has 0 aliphatic carbocycles. The average Bonchev–Trinajstić information content (AvgIpc) is 2.51. The molecule has 0 radical (unpaired) electrons. The average molecular weight is 170 g/mol. The molecule has 0 aromatic carbocycles. The Kier molecular flexibility index (Phi) is 2.88. The van der Waals surface area contributed by atoms with E-state index in [-0.39, 0.29) is 0 Å². The summed E-state index contributed by atoms with van der Waals surface area (Å²) in [5.74, 6) is -0.960. The molecule has 4 nitrogen and oxygen atoms in total. The first-order chi connectivity index (χ1) is 5.74. The number of furan rings is 1. The molecule has 66 valence electrons. The highest BCUT2D eigenvalue weighted by atomic mass is 16.5. The van der Waals surface area contributed by atoms with E-state index in [1.54, 1.807) is 6.07 Å². The van der Waals surface area contributed by atoms with Crippen molar-refractivity contribution in [3.8, 4) is 0 Å². The maximum absolute atomic E-state index is 10.5. The van der Waals surface area contributed by atoms with Crippen molar-refractivity contribution in [2.75, 3.05) is 7.11 Å². The summed E-state index contributed by atoms with van der Waals surface area (Å²) in [5, 5.41) is 8.62. The number of methoxy groups -OCH3 is 1. The van der Waals surface area contributed by atoms with Crippen LogP contribution in [-0.4, -0.2) is 24.3 Å². The molecule has 1 atom stereocenters. The first-order valence-corrected chi connectivity index (χ1v) is 3.50. The summed E-state index contributed by atoms with van der Waals surface area (Å²) in [4.78, 5) is 10.5. The second-order valence-electron chi connectivity index (χ2n) is 2.40. The molecule has 1 heterocycles. The van der Waals surface area contributed by atoms with E-state index in [9.17, 15) is 4.79 Å². The summed E-state index contributed by atoms with van der Waals surface area (Å²) in [6.45, 7) is 0. The van der Waals surface area contributed by atoms with Gasteiger partial charge in [-0.05, 0) is 11.6 Å². The lowest BCUT2D eigenvalue weighted by molar-refractivity contribution is -0.148. The van der Waals surface area contributed by atoms with Gasteiger partial charge in [-0.15, -0.1) is 0 Å². The van der Waals surface area contributed by atoms with Crippen LogP contribution < -0.4 is 0 Å². The van der Waals surface area contributed by atoms with Crippen molar-refractivity contribution in [1.82, 2.24) is 0 Å². The molecule has 1 rings (SSSR count). The lowest BCUT2D eigenvalue weighted by atomic mass is 10.1. The van der Waals surface area contributed by atoms with Crippen LogP contribution in [0.2, 0.25) is 0 Å². The lowest BCUT2D eigenvalue weighted by Gasteiger charge is -2.07. The second-order valence-corrected chi connectivity index (χ2v) is 2.40. The van der Waals surface area contributed by atoms with Gasteiger partial charge in [0.05, 0.1) is 12.5 Å². The first-order valence-electron chi connectivity index (χ1n) is 3.50. The zero-order valence-electron chi connectivity index (χ0n) is 6.69. The molecule has 1 unspecified atom stereocenters. The second kappa shape index (κ2) is 3.92. The van der Waals surface area contributed by atoms with Crippen LogP contribution in [0.3, 0.4) is 0 Å². The fourth-order valence-electron chi connectivity index (χ4n) is 0.894. The van der Waals surface area contributed by atoms with E-state index in [0.717, 1.165) is 5.56 Å². The molecule has 0 spiro atoms. The van der Waals surface area contributed by atoms with Gasteiger partial charge in [-0.2, -0.15) is 0 Å². The Morgan fingerprint density at radius 1 is 1.83 bits per heavy atom. The highest BCUT2D eigenvalue weighted by Gasteiger charge is 2.16. The molecule has 0 aliphatic heterocycles. The van der Waals surface area contributed by atoms with Crippen molar-refractivity contribution in [3.05, 3.63) is 24.2 Å². The molecule has 0 amide bonds. The number of carboxylic acids is 1. The Labute approximate surface area is 69.8 Å². The fraction of sp³-hybridized carbons (Fsp3) is 0.375. The van der Waals surface area contributed by atoms with Crippen LogP contribution in [0, 0.1) is 0 Å².